The zero-order valence-corrected chi connectivity index (χ0v) is 13.0. The topological polar surface area (TPSA) is 50.4 Å². The Morgan fingerprint density at radius 2 is 1.90 bits per heavy atom. The SMILES string of the molecule is COCC1(C(=O)NCC2CCC(C)CC2)CCNCC1. The average molecular weight is 282 g/mol. The molecule has 0 bridgehead atoms. The van der Waals surface area contributed by atoms with Crippen LogP contribution >= 0.6 is 0 Å². The number of rotatable bonds is 5. The lowest BCUT2D eigenvalue weighted by Gasteiger charge is -2.36. The van der Waals surface area contributed by atoms with Gasteiger partial charge in [0.2, 0.25) is 5.91 Å². The normalized spacial score (nSPS) is 29.9. The Morgan fingerprint density at radius 3 is 2.50 bits per heavy atom. The molecule has 1 aliphatic heterocycles. The van der Waals surface area contributed by atoms with Crippen LogP contribution in [0.5, 0.6) is 0 Å². The maximum Gasteiger partial charge on any atom is 0.228 e. The molecule has 1 saturated heterocycles. The van der Waals surface area contributed by atoms with Crippen LogP contribution in [-0.2, 0) is 9.53 Å². The van der Waals surface area contributed by atoms with Gasteiger partial charge in [-0.2, -0.15) is 0 Å². The average Bonchev–Trinajstić information content (AvgIpc) is 2.47. The van der Waals surface area contributed by atoms with Crippen LogP contribution in [0, 0.1) is 17.3 Å². The minimum absolute atomic E-state index is 0.208. The van der Waals surface area contributed by atoms with Crippen LogP contribution in [0.4, 0.5) is 0 Å². The standard InChI is InChI=1S/C16H30N2O2/c1-13-3-5-14(6-4-13)11-18-15(19)16(12-20-2)7-9-17-10-8-16/h13-14,17H,3-12H2,1-2H3,(H,18,19). The van der Waals surface area contributed by atoms with Gasteiger partial charge in [-0.05, 0) is 50.6 Å². The largest absolute Gasteiger partial charge is 0.384 e. The molecule has 2 aliphatic rings. The molecule has 1 heterocycles. The molecule has 2 rings (SSSR count). The molecule has 4 heteroatoms. The summed E-state index contributed by atoms with van der Waals surface area (Å²) in [6.45, 7) is 5.56. The summed E-state index contributed by atoms with van der Waals surface area (Å²) in [6.07, 6.45) is 6.92. The summed E-state index contributed by atoms with van der Waals surface area (Å²) in [6, 6.07) is 0. The predicted molar refractivity (Wildman–Crippen MR) is 80.5 cm³/mol. The molecule has 2 N–H and O–H groups in total. The fourth-order valence-electron chi connectivity index (χ4n) is 3.58. The van der Waals surface area contributed by atoms with Crippen molar-refractivity contribution in [3.63, 3.8) is 0 Å². The molecule has 4 nitrogen and oxygen atoms in total. The van der Waals surface area contributed by atoms with E-state index in [9.17, 15) is 4.79 Å². The summed E-state index contributed by atoms with van der Waals surface area (Å²) in [4.78, 5) is 12.6. The molecular formula is C16H30N2O2. The zero-order valence-electron chi connectivity index (χ0n) is 13.0. The second-order valence-electron chi connectivity index (χ2n) is 6.80. The molecule has 0 unspecified atom stereocenters. The third kappa shape index (κ3) is 3.95. The number of hydrogen-bond acceptors (Lipinski definition) is 3. The molecule has 0 atom stereocenters. The van der Waals surface area contributed by atoms with Crippen LogP contribution in [0.3, 0.4) is 0 Å². The van der Waals surface area contributed by atoms with E-state index in [-0.39, 0.29) is 11.3 Å². The van der Waals surface area contributed by atoms with E-state index in [1.54, 1.807) is 7.11 Å². The number of nitrogens with one attached hydrogen (secondary N) is 2. The smallest absolute Gasteiger partial charge is 0.228 e. The number of carbonyl (C=O) groups is 1. The summed E-state index contributed by atoms with van der Waals surface area (Å²) < 4.78 is 5.32. The van der Waals surface area contributed by atoms with E-state index >= 15 is 0 Å². The molecule has 20 heavy (non-hydrogen) atoms. The lowest BCUT2D eigenvalue weighted by atomic mass is 9.78. The van der Waals surface area contributed by atoms with Crippen molar-refractivity contribution in [3.8, 4) is 0 Å². The van der Waals surface area contributed by atoms with Crippen LogP contribution in [0.2, 0.25) is 0 Å². The third-order valence-electron chi connectivity index (χ3n) is 5.15. The first-order valence-electron chi connectivity index (χ1n) is 8.14. The van der Waals surface area contributed by atoms with Gasteiger partial charge in [-0.15, -0.1) is 0 Å². The Labute approximate surface area is 123 Å². The van der Waals surface area contributed by atoms with E-state index in [1.165, 1.54) is 25.7 Å². The first-order valence-corrected chi connectivity index (χ1v) is 8.14. The Balaban J connectivity index is 1.82. The van der Waals surface area contributed by atoms with Crippen molar-refractivity contribution >= 4 is 5.91 Å². The fourth-order valence-corrected chi connectivity index (χ4v) is 3.58. The fraction of sp³-hybridized carbons (Fsp3) is 0.938. The van der Waals surface area contributed by atoms with E-state index in [2.05, 4.69) is 17.6 Å². The minimum atomic E-state index is -0.304. The maximum atomic E-state index is 12.6. The van der Waals surface area contributed by atoms with Crippen LogP contribution in [0.1, 0.15) is 45.4 Å². The molecule has 0 aromatic carbocycles. The number of carbonyl (C=O) groups excluding carboxylic acids is 1. The number of methoxy groups -OCH3 is 1. The molecule has 116 valence electrons. The van der Waals surface area contributed by atoms with Gasteiger partial charge in [0.1, 0.15) is 0 Å². The first kappa shape index (κ1) is 15.8. The lowest BCUT2D eigenvalue weighted by molar-refractivity contribution is -0.136. The third-order valence-corrected chi connectivity index (χ3v) is 5.15. The van der Waals surface area contributed by atoms with Crippen LogP contribution in [0.25, 0.3) is 0 Å². The molecular weight excluding hydrogens is 252 g/mol. The van der Waals surface area contributed by atoms with E-state index in [0.29, 0.717) is 12.5 Å². The van der Waals surface area contributed by atoms with Gasteiger partial charge in [-0.3, -0.25) is 4.79 Å². The summed E-state index contributed by atoms with van der Waals surface area (Å²) >= 11 is 0. The Morgan fingerprint density at radius 1 is 1.25 bits per heavy atom. The van der Waals surface area contributed by atoms with E-state index in [1.807, 2.05) is 0 Å². The van der Waals surface area contributed by atoms with Crippen molar-refractivity contribution in [3.05, 3.63) is 0 Å². The predicted octanol–water partition coefficient (Wildman–Crippen LogP) is 1.95. The number of hydrogen-bond donors (Lipinski definition) is 2. The van der Waals surface area contributed by atoms with Crippen molar-refractivity contribution in [1.82, 2.24) is 10.6 Å². The highest BCUT2D eigenvalue weighted by atomic mass is 16.5. The molecule has 1 amide bonds. The number of ether oxygens (including phenoxy) is 1. The molecule has 0 spiro atoms. The summed E-state index contributed by atoms with van der Waals surface area (Å²) in [5.74, 6) is 1.75. The quantitative estimate of drug-likeness (QED) is 0.810. The van der Waals surface area contributed by atoms with Crippen LogP contribution < -0.4 is 10.6 Å². The van der Waals surface area contributed by atoms with Gasteiger partial charge in [0.05, 0.1) is 12.0 Å². The Bertz CT molecular complexity index is 300. The molecule has 0 radical (unpaired) electrons. The Kier molecular flexibility index (Phi) is 5.85. The molecule has 0 aromatic rings. The molecule has 1 saturated carbocycles. The van der Waals surface area contributed by atoms with Gasteiger partial charge in [0.25, 0.3) is 0 Å². The summed E-state index contributed by atoms with van der Waals surface area (Å²) in [5, 5.41) is 6.54. The van der Waals surface area contributed by atoms with Crippen molar-refractivity contribution < 1.29 is 9.53 Å². The number of piperidine rings is 1. The summed E-state index contributed by atoms with van der Waals surface area (Å²) in [5.41, 5.74) is -0.304. The van der Waals surface area contributed by atoms with Gasteiger partial charge in [0, 0.05) is 13.7 Å². The van der Waals surface area contributed by atoms with Gasteiger partial charge in [-0.25, -0.2) is 0 Å². The highest BCUT2D eigenvalue weighted by Crippen LogP contribution is 2.31. The molecule has 1 aliphatic carbocycles. The second-order valence-corrected chi connectivity index (χ2v) is 6.80. The van der Waals surface area contributed by atoms with Gasteiger partial charge in [-0.1, -0.05) is 19.8 Å². The van der Waals surface area contributed by atoms with Crippen LogP contribution in [-0.4, -0.2) is 39.3 Å². The van der Waals surface area contributed by atoms with Gasteiger partial charge >= 0.3 is 0 Å². The van der Waals surface area contributed by atoms with Gasteiger partial charge in [0.15, 0.2) is 0 Å². The lowest BCUT2D eigenvalue weighted by Crippen LogP contribution is -2.51. The maximum absolute atomic E-state index is 12.6. The van der Waals surface area contributed by atoms with Crippen molar-refractivity contribution in [1.29, 1.82) is 0 Å². The highest BCUT2D eigenvalue weighted by Gasteiger charge is 2.39. The zero-order chi connectivity index (χ0) is 14.4. The van der Waals surface area contributed by atoms with E-state index in [4.69, 9.17) is 4.74 Å². The monoisotopic (exact) mass is 282 g/mol. The highest BCUT2D eigenvalue weighted by molar-refractivity contribution is 5.83. The van der Waals surface area contributed by atoms with Crippen molar-refractivity contribution in [2.24, 2.45) is 17.3 Å². The van der Waals surface area contributed by atoms with Crippen molar-refractivity contribution in [2.75, 3.05) is 33.4 Å². The molecule has 0 aromatic heterocycles. The van der Waals surface area contributed by atoms with Gasteiger partial charge < -0.3 is 15.4 Å². The van der Waals surface area contributed by atoms with E-state index in [0.717, 1.165) is 38.4 Å². The van der Waals surface area contributed by atoms with Crippen molar-refractivity contribution in [2.45, 2.75) is 45.4 Å². The first-order chi connectivity index (χ1) is 9.66. The summed E-state index contributed by atoms with van der Waals surface area (Å²) in [7, 11) is 1.69. The van der Waals surface area contributed by atoms with E-state index < -0.39 is 0 Å². The molecule has 2 fully saturated rings. The van der Waals surface area contributed by atoms with Crippen LogP contribution in [0.15, 0.2) is 0 Å². The second kappa shape index (κ2) is 7.41. The minimum Gasteiger partial charge on any atom is -0.384 e. The Hall–Kier alpha value is -0.610. The number of amides is 1.